The topological polar surface area (TPSA) is 75.5 Å². The summed E-state index contributed by atoms with van der Waals surface area (Å²) in [6.45, 7) is 2.56. The lowest BCUT2D eigenvalue weighted by Crippen LogP contribution is -2.13. The molecular weight excluding hydrogens is 364 g/mol. The second kappa shape index (κ2) is 10.2. The SMILES string of the molecule is Cc1cccc(/C=N/Nc2cc(N(C)C)nc(OCCCc3ccccn3)n2)c1. The molecule has 1 N–H and O–H groups in total. The van der Waals surface area contributed by atoms with E-state index < -0.39 is 0 Å². The van der Waals surface area contributed by atoms with Gasteiger partial charge in [-0.2, -0.15) is 15.1 Å². The van der Waals surface area contributed by atoms with Crippen molar-refractivity contribution in [1.82, 2.24) is 15.0 Å². The molecule has 29 heavy (non-hydrogen) atoms. The van der Waals surface area contributed by atoms with Gasteiger partial charge in [-0.3, -0.25) is 10.4 Å². The number of hydrazone groups is 1. The van der Waals surface area contributed by atoms with Crippen LogP contribution in [0.2, 0.25) is 0 Å². The normalized spacial score (nSPS) is 10.9. The summed E-state index contributed by atoms with van der Waals surface area (Å²) in [5.41, 5.74) is 6.22. The molecule has 0 aliphatic carbocycles. The first kappa shape index (κ1) is 20.3. The van der Waals surface area contributed by atoms with Crippen LogP contribution in [0, 0.1) is 6.92 Å². The van der Waals surface area contributed by atoms with Gasteiger partial charge in [-0.1, -0.05) is 35.9 Å². The van der Waals surface area contributed by atoms with E-state index in [1.54, 1.807) is 12.4 Å². The fraction of sp³-hybridized carbons (Fsp3) is 0.273. The van der Waals surface area contributed by atoms with Crippen LogP contribution < -0.4 is 15.1 Å². The number of nitrogens with one attached hydrogen (secondary N) is 1. The summed E-state index contributed by atoms with van der Waals surface area (Å²) in [6, 6.07) is 16.2. The molecule has 7 nitrogen and oxygen atoms in total. The number of hydrogen-bond acceptors (Lipinski definition) is 7. The Balaban J connectivity index is 1.60. The minimum absolute atomic E-state index is 0.325. The van der Waals surface area contributed by atoms with E-state index in [1.807, 2.05) is 55.4 Å². The maximum atomic E-state index is 5.77. The largest absolute Gasteiger partial charge is 0.463 e. The van der Waals surface area contributed by atoms with Gasteiger partial charge in [0.25, 0.3) is 0 Å². The second-order valence-corrected chi connectivity index (χ2v) is 6.85. The molecule has 0 bridgehead atoms. The van der Waals surface area contributed by atoms with Crippen molar-refractivity contribution in [3.63, 3.8) is 0 Å². The van der Waals surface area contributed by atoms with Crippen LogP contribution in [0.1, 0.15) is 23.2 Å². The van der Waals surface area contributed by atoms with Crippen molar-refractivity contribution < 1.29 is 4.74 Å². The molecule has 0 atom stereocenters. The van der Waals surface area contributed by atoms with Crippen LogP contribution in [-0.2, 0) is 6.42 Å². The number of pyridine rings is 1. The number of hydrogen-bond donors (Lipinski definition) is 1. The molecule has 3 aromatic rings. The number of benzene rings is 1. The van der Waals surface area contributed by atoms with Crippen molar-refractivity contribution in [3.05, 3.63) is 71.5 Å². The third kappa shape index (κ3) is 6.57. The van der Waals surface area contributed by atoms with Gasteiger partial charge in [0.1, 0.15) is 5.82 Å². The Kier molecular flexibility index (Phi) is 7.10. The Morgan fingerprint density at radius 1 is 1.10 bits per heavy atom. The molecule has 2 aromatic heterocycles. The van der Waals surface area contributed by atoms with Crippen molar-refractivity contribution in [1.29, 1.82) is 0 Å². The summed E-state index contributed by atoms with van der Waals surface area (Å²) >= 11 is 0. The van der Waals surface area contributed by atoms with Crippen LogP contribution in [0.15, 0.2) is 59.8 Å². The Bertz CT molecular complexity index is 943. The van der Waals surface area contributed by atoms with Gasteiger partial charge < -0.3 is 9.64 Å². The molecule has 7 heteroatoms. The third-order valence-corrected chi connectivity index (χ3v) is 4.12. The molecule has 0 spiro atoms. The van der Waals surface area contributed by atoms with Crippen LogP contribution in [0.3, 0.4) is 0 Å². The van der Waals surface area contributed by atoms with E-state index in [0.29, 0.717) is 18.4 Å². The van der Waals surface area contributed by atoms with Crippen molar-refractivity contribution in [2.75, 3.05) is 31.0 Å². The molecule has 0 saturated carbocycles. The third-order valence-electron chi connectivity index (χ3n) is 4.12. The zero-order valence-corrected chi connectivity index (χ0v) is 17.0. The summed E-state index contributed by atoms with van der Waals surface area (Å²) in [5, 5.41) is 4.28. The van der Waals surface area contributed by atoms with Crippen molar-refractivity contribution in [2.24, 2.45) is 5.10 Å². The average molecular weight is 390 g/mol. The summed E-state index contributed by atoms with van der Waals surface area (Å²) in [4.78, 5) is 15.1. The molecule has 1 aromatic carbocycles. The number of aromatic nitrogens is 3. The molecule has 0 amide bonds. The van der Waals surface area contributed by atoms with Gasteiger partial charge in [-0.05, 0) is 37.5 Å². The summed E-state index contributed by atoms with van der Waals surface area (Å²) in [7, 11) is 3.85. The summed E-state index contributed by atoms with van der Waals surface area (Å²) < 4.78 is 5.77. The standard InChI is InChI=1S/C22H26N6O/c1-17-8-6-9-18(14-17)16-24-27-20-15-21(28(2)3)26-22(25-20)29-13-7-11-19-10-4-5-12-23-19/h4-6,8-10,12,14-16H,7,11,13H2,1-3H3,(H,25,26,27)/b24-16+. The van der Waals surface area contributed by atoms with Gasteiger partial charge in [0.2, 0.25) is 0 Å². The molecule has 0 saturated heterocycles. The van der Waals surface area contributed by atoms with E-state index in [-0.39, 0.29) is 0 Å². The highest BCUT2D eigenvalue weighted by molar-refractivity contribution is 5.80. The highest BCUT2D eigenvalue weighted by Gasteiger charge is 2.07. The second-order valence-electron chi connectivity index (χ2n) is 6.85. The zero-order chi connectivity index (χ0) is 20.5. The van der Waals surface area contributed by atoms with E-state index in [1.165, 1.54) is 5.56 Å². The molecular formula is C22H26N6O. The van der Waals surface area contributed by atoms with Gasteiger partial charge in [0, 0.05) is 32.1 Å². The van der Waals surface area contributed by atoms with Crippen LogP contribution in [0.25, 0.3) is 0 Å². The maximum Gasteiger partial charge on any atom is 0.320 e. The number of anilines is 2. The number of rotatable bonds is 9. The first-order chi connectivity index (χ1) is 14.1. The minimum atomic E-state index is 0.325. The lowest BCUT2D eigenvalue weighted by molar-refractivity contribution is 0.287. The first-order valence-corrected chi connectivity index (χ1v) is 9.55. The van der Waals surface area contributed by atoms with E-state index in [0.717, 1.165) is 29.9 Å². The van der Waals surface area contributed by atoms with Crippen LogP contribution in [0.5, 0.6) is 6.01 Å². The van der Waals surface area contributed by atoms with Crippen LogP contribution in [-0.4, -0.2) is 41.9 Å². The molecule has 3 rings (SSSR count). The number of nitrogens with zero attached hydrogens (tertiary/aromatic N) is 5. The smallest absolute Gasteiger partial charge is 0.320 e. The Morgan fingerprint density at radius 3 is 2.76 bits per heavy atom. The van der Waals surface area contributed by atoms with Crippen molar-refractivity contribution in [2.45, 2.75) is 19.8 Å². The van der Waals surface area contributed by atoms with E-state index >= 15 is 0 Å². The molecule has 0 aliphatic rings. The van der Waals surface area contributed by atoms with E-state index in [9.17, 15) is 0 Å². The van der Waals surface area contributed by atoms with Crippen LogP contribution in [0.4, 0.5) is 11.6 Å². The molecule has 0 aliphatic heterocycles. The fourth-order valence-corrected chi connectivity index (χ4v) is 2.65. The van der Waals surface area contributed by atoms with Gasteiger partial charge >= 0.3 is 6.01 Å². The van der Waals surface area contributed by atoms with Gasteiger partial charge in [-0.25, -0.2) is 0 Å². The minimum Gasteiger partial charge on any atom is -0.463 e. The summed E-state index contributed by atoms with van der Waals surface area (Å²) in [5.74, 6) is 1.32. The Labute approximate surface area is 171 Å². The van der Waals surface area contributed by atoms with Crippen molar-refractivity contribution >= 4 is 17.9 Å². The number of ether oxygens (including phenoxy) is 1. The molecule has 150 valence electrons. The van der Waals surface area contributed by atoms with Gasteiger partial charge in [0.05, 0.1) is 12.8 Å². The lowest BCUT2D eigenvalue weighted by Gasteiger charge is -2.14. The average Bonchev–Trinajstić information content (AvgIpc) is 2.72. The predicted molar refractivity (Wildman–Crippen MR) is 117 cm³/mol. The molecule has 0 unspecified atom stereocenters. The van der Waals surface area contributed by atoms with E-state index in [4.69, 9.17) is 4.74 Å². The van der Waals surface area contributed by atoms with Crippen LogP contribution >= 0.6 is 0 Å². The fourth-order valence-electron chi connectivity index (χ4n) is 2.65. The molecule has 0 radical (unpaired) electrons. The predicted octanol–water partition coefficient (Wildman–Crippen LogP) is 3.70. The quantitative estimate of drug-likeness (QED) is 0.341. The number of aryl methyl sites for hydroxylation is 2. The highest BCUT2D eigenvalue weighted by atomic mass is 16.5. The Morgan fingerprint density at radius 2 is 2.00 bits per heavy atom. The van der Waals surface area contributed by atoms with Gasteiger partial charge in [0.15, 0.2) is 5.82 Å². The monoisotopic (exact) mass is 390 g/mol. The zero-order valence-electron chi connectivity index (χ0n) is 17.0. The van der Waals surface area contributed by atoms with Gasteiger partial charge in [-0.15, -0.1) is 0 Å². The molecule has 2 heterocycles. The first-order valence-electron chi connectivity index (χ1n) is 9.55. The maximum absolute atomic E-state index is 5.77. The molecule has 0 fully saturated rings. The van der Waals surface area contributed by atoms with Crippen molar-refractivity contribution in [3.8, 4) is 6.01 Å². The summed E-state index contributed by atoms with van der Waals surface area (Å²) in [6.07, 6.45) is 5.24. The van der Waals surface area contributed by atoms with E-state index in [2.05, 4.69) is 44.5 Å². The lowest BCUT2D eigenvalue weighted by atomic mass is 10.2. The highest BCUT2D eigenvalue weighted by Crippen LogP contribution is 2.18. The Hall–Kier alpha value is -3.48.